The minimum atomic E-state index is -4.29. The van der Waals surface area contributed by atoms with E-state index in [1.165, 1.54) is 0 Å². The lowest BCUT2D eigenvalue weighted by molar-refractivity contribution is -0.138. The summed E-state index contributed by atoms with van der Waals surface area (Å²) in [6, 6.07) is 0. The van der Waals surface area contributed by atoms with Gasteiger partial charge in [-0.2, -0.15) is 13.2 Å². The highest BCUT2D eigenvalue weighted by Crippen LogP contribution is 2.29. The number of carbonyl (C=O) groups excluding carboxylic acids is 1. The first kappa shape index (κ1) is 16.1. The van der Waals surface area contributed by atoms with Gasteiger partial charge < -0.3 is 10.4 Å². The van der Waals surface area contributed by atoms with Gasteiger partial charge >= 0.3 is 11.5 Å². The van der Waals surface area contributed by atoms with Crippen molar-refractivity contribution in [2.75, 3.05) is 12.3 Å². The van der Waals surface area contributed by atoms with Gasteiger partial charge in [0.15, 0.2) is 0 Å². The smallest absolute Gasteiger partial charge is 0.441 e. The van der Waals surface area contributed by atoms with E-state index in [-0.39, 0.29) is 42.8 Å². The predicted molar refractivity (Wildman–Crippen MR) is 57.6 cm³/mol. The van der Waals surface area contributed by atoms with Gasteiger partial charge in [-0.3, -0.25) is 9.59 Å². The molecule has 1 amide bonds. The van der Waals surface area contributed by atoms with Gasteiger partial charge in [0, 0.05) is 25.1 Å². The van der Waals surface area contributed by atoms with Gasteiger partial charge in [0.1, 0.15) is 0 Å². The van der Waals surface area contributed by atoms with Crippen LogP contribution in [0.25, 0.3) is 0 Å². The maximum atomic E-state index is 11.7. The van der Waals surface area contributed by atoms with E-state index in [1.807, 2.05) is 0 Å². The third-order valence-electron chi connectivity index (χ3n) is 1.75. The Hall–Kier alpha value is -0.920. The zero-order valence-corrected chi connectivity index (χ0v) is 10.0. The molecule has 0 heterocycles. The van der Waals surface area contributed by atoms with Crippen LogP contribution in [0.3, 0.4) is 0 Å². The summed E-state index contributed by atoms with van der Waals surface area (Å²) < 4.78 is 35.2. The van der Waals surface area contributed by atoms with Gasteiger partial charge in [-0.15, -0.1) is 0 Å². The molecule has 0 aromatic carbocycles. The summed E-state index contributed by atoms with van der Waals surface area (Å²) >= 11 is -0.204. The molecule has 8 heteroatoms. The number of nitrogens with one attached hydrogen (secondary N) is 1. The van der Waals surface area contributed by atoms with Gasteiger partial charge in [-0.05, 0) is 17.7 Å². The van der Waals surface area contributed by atoms with Crippen molar-refractivity contribution in [3.63, 3.8) is 0 Å². The average Bonchev–Trinajstić information content (AvgIpc) is 2.09. The number of hydrogen-bond donors (Lipinski definition) is 2. The Bertz CT molecular complexity index is 271. The van der Waals surface area contributed by atoms with Crippen molar-refractivity contribution >= 4 is 23.6 Å². The molecule has 0 saturated heterocycles. The van der Waals surface area contributed by atoms with Crippen LogP contribution in [0.15, 0.2) is 0 Å². The number of carbonyl (C=O) groups is 2. The molecule has 0 aliphatic carbocycles. The molecular weight excluding hydrogens is 259 g/mol. The molecule has 1 atom stereocenters. The summed E-state index contributed by atoms with van der Waals surface area (Å²) in [6.45, 7) is 1.51. The molecule has 2 N–H and O–H groups in total. The summed E-state index contributed by atoms with van der Waals surface area (Å²) in [6.07, 6.45) is -0.131. The van der Waals surface area contributed by atoms with E-state index >= 15 is 0 Å². The molecule has 4 nitrogen and oxygen atoms in total. The molecular formula is C9H14F3NO3S. The molecule has 0 rings (SSSR count). The van der Waals surface area contributed by atoms with Gasteiger partial charge in [-0.25, -0.2) is 0 Å². The Morgan fingerprint density at radius 1 is 1.35 bits per heavy atom. The minimum Gasteiger partial charge on any atom is -0.481 e. The molecule has 0 spiro atoms. The van der Waals surface area contributed by atoms with E-state index in [0.29, 0.717) is 0 Å². The standard InChI is InChI=1S/C9H14F3NO3S/c1-6(5-8(15)16)4-7(14)13-2-3-17-9(10,11)12/h6H,2-5H2,1H3,(H,13,14)(H,15,16). The van der Waals surface area contributed by atoms with Crippen LogP contribution < -0.4 is 5.32 Å². The predicted octanol–water partition coefficient (Wildman–Crippen LogP) is 1.86. The molecule has 1 unspecified atom stereocenters. The van der Waals surface area contributed by atoms with Gasteiger partial charge in [-0.1, -0.05) is 6.92 Å². The molecule has 0 aliphatic heterocycles. The van der Waals surface area contributed by atoms with Gasteiger partial charge in [0.05, 0.1) is 0 Å². The van der Waals surface area contributed by atoms with Crippen molar-refractivity contribution in [2.24, 2.45) is 5.92 Å². The van der Waals surface area contributed by atoms with E-state index < -0.39 is 17.4 Å². The zero-order chi connectivity index (χ0) is 13.5. The quantitative estimate of drug-likeness (QED) is 0.695. The lowest BCUT2D eigenvalue weighted by Gasteiger charge is -2.09. The summed E-state index contributed by atoms with van der Waals surface area (Å²) in [5.74, 6) is -2.01. The molecule has 0 radical (unpaired) electrons. The van der Waals surface area contributed by atoms with Crippen LogP contribution in [-0.4, -0.2) is 34.8 Å². The van der Waals surface area contributed by atoms with Crippen molar-refractivity contribution in [3.8, 4) is 0 Å². The lowest BCUT2D eigenvalue weighted by Crippen LogP contribution is -2.28. The van der Waals surface area contributed by atoms with E-state index in [4.69, 9.17) is 5.11 Å². The Morgan fingerprint density at radius 3 is 2.41 bits per heavy atom. The molecule has 0 bridgehead atoms. The van der Waals surface area contributed by atoms with Crippen LogP contribution >= 0.6 is 11.8 Å². The van der Waals surface area contributed by atoms with Crippen molar-refractivity contribution in [2.45, 2.75) is 25.3 Å². The van der Waals surface area contributed by atoms with Crippen LogP contribution in [0.2, 0.25) is 0 Å². The fourth-order valence-electron chi connectivity index (χ4n) is 1.12. The van der Waals surface area contributed by atoms with Crippen LogP contribution in [-0.2, 0) is 9.59 Å². The van der Waals surface area contributed by atoms with Crippen molar-refractivity contribution < 1.29 is 27.9 Å². The molecule has 0 aromatic rings. The third kappa shape index (κ3) is 11.3. The first-order valence-electron chi connectivity index (χ1n) is 4.90. The Balaban J connectivity index is 3.63. The second-order valence-corrected chi connectivity index (χ2v) is 4.71. The number of rotatable bonds is 7. The fourth-order valence-corrected chi connectivity index (χ4v) is 1.55. The Kier molecular flexibility index (Phi) is 7.01. The number of carboxylic acids is 1. The molecule has 100 valence electrons. The first-order valence-corrected chi connectivity index (χ1v) is 5.88. The summed E-state index contributed by atoms with van der Waals surface area (Å²) in [4.78, 5) is 21.5. The lowest BCUT2D eigenvalue weighted by atomic mass is 10.0. The largest absolute Gasteiger partial charge is 0.481 e. The normalized spacial score (nSPS) is 13.2. The minimum absolute atomic E-state index is 0.00296. The molecule has 0 saturated carbocycles. The van der Waals surface area contributed by atoms with Crippen molar-refractivity contribution in [1.82, 2.24) is 5.32 Å². The van der Waals surface area contributed by atoms with Crippen LogP contribution in [0.1, 0.15) is 19.8 Å². The highest BCUT2D eigenvalue weighted by atomic mass is 32.2. The maximum Gasteiger partial charge on any atom is 0.441 e. The van der Waals surface area contributed by atoms with Crippen LogP contribution in [0.5, 0.6) is 0 Å². The number of amides is 1. The van der Waals surface area contributed by atoms with E-state index in [1.54, 1.807) is 6.92 Å². The fraction of sp³-hybridized carbons (Fsp3) is 0.778. The summed E-state index contributed by atoms with van der Waals surface area (Å²) in [5, 5.41) is 10.7. The second kappa shape index (κ2) is 7.41. The van der Waals surface area contributed by atoms with Gasteiger partial charge in [0.25, 0.3) is 0 Å². The monoisotopic (exact) mass is 273 g/mol. The molecule has 0 aromatic heterocycles. The van der Waals surface area contributed by atoms with Crippen LogP contribution in [0, 0.1) is 5.92 Å². The molecule has 17 heavy (non-hydrogen) atoms. The second-order valence-electron chi connectivity index (χ2n) is 3.55. The average molecular weight is 273 g/mol. The molecule has 0 aliphatic rings. The Labute approximate surface area is 101 Å². The number of carboxylic acid groups (broad SMARTS) is 1. The number of halogens is 3. The molecule has 0 fully saturated rings. The van der Waals surface area contributed by atoms with E-state index in [0.717, 1.165) is 0 Å². The number of alkyl halides is 3. The summed E-state index contributed by atoms with van der Waals surface area (Å²) in [5.41, 5.74) is -4.29. The number of thioether (sulfide) groups is 1. The highest BCUT2D eigenvalue weighted by Gasteiger charge is 2.27. The Morgan fingerprint density at radius 2 is 1.94 bits per heavy atom. The summed E-state index contributed by atoms with van der Waals surface area (Å²) in [7, 11) is 0. The number of hydrogen-bond acceptors (Lipinski definition) is 3. The topological polar surface area (TPSA) is 66.4 Å². The first-order chi connectivity index (χ1) is 7.70. The SMILES string of the molecule is CC(CC(=O)O)CC(=O)NCCSC(F)(F)F. The number of aliphatic carboxylic acids is 1. The highest BCUT2D eigenvalue weighted by molar-refractivity contribution is 8.00. The van der Waals surface area contributed by atoms with Gasteiger partial charge in [0.2, 0.25) is 5.91 Å². The van der Waals surface area contributed by atoms with Crippen molar-refractivity contribution in [1.29, 1.82) is 0 Å². The van der Waals surface area contributed by atoms with E-state index in [9.17, 15) is 22.8 Å². The third-order valence-corrected chi connectivity index (χ3v) is 2.48. The zero-order valence-electron chi connectivity index (χ0n) is 9.21. The van der Waals surface area contributed by atoms with E-state index in [2.05, 4.69) is 5.32 Å². The van der Waals surface area contributed by atoms with Crippen LogP contribution in [0.4, 0.5) is 13.2 Å². The maximum absolute atomic E-state index is 11.7. The van der Waals surface area contributed by atoms with Crippen molar-refractivity contribution in [3.05, 3.63) is 0 Å².